The minimum absolute atomic E-state index is 0.582. The summed E-state index contributed by atoms with van der Waals surface area (Å²) in [6.45, 7) is 2.23. The van der Waals surface area contributed by atoms with Crippen molar-refractivity contribution in [1.29, 1.82) is 0 Å². The molecule has 0 saturated carbocycles. The molecule has 2 rings (SSSR count). The lowest BCUT2D eigenvalue weighted by atomic mass is 10.1. The highest BCUT2D eigenvalue weighted by Crippen LogP contribution is 2.13. The molecule has 0 aromatic carbocycles. The molecule has 0 aliphatic rings. The van der Waals surface area contributed by atoms with Crippen molar-refractivity contribution in [3.05, 3.63) is 42.4 Å². The van der Waals surface area contributed by atoms with Gasteiger partial charge in [0.15, 0.2) is 0 Å². The number of rotatable bonds is 7. The van der Waals surface area contributed by atoms with Gasteiger partial charge in [0.25, 0.3) is 0 Å². The summed E-state index contributed by atoms with van der Waals surface area (Å²) in [5, 5.41) is 3.11. The third-order valence-electron chi connectivity index (χ3n) is 2.95. The Morgan fingerprint density at radius 2 is 1.84 bits per heavy atom. The van der Waals surface area contributed by atoms with E-state index < -0.39 is 0 Å². The molecule has 0 amide bonds. The van der Waals surface area contributed by atoms with Crippen molar-refractivity contribution < 1.29 is 0 Å². The molecular weight excluding hydrogens is 236 g/mol. The molecule has 4 heteroatoms. The van der Waals surface area contributed by atoms with Crippen LogP contribution in [0.1, 0.15) is 38.2 Å². The maximum Gasteiger partial charge on any atom is 0.228 e. The topological polar surface area (TPSA) is 50.7 Å². The molecule has 4 nitrogen and oxygen atoms in total. The highest BCUT2D eigenvalue weighted by atomic mass is 15.1. The van der Waals surface area contributed by atoms with Gasteiger partial charge in [0.1, 0.15) is 5.82 Å². The van der Waals surface area contributed by atoms with E-state index in [0.29, 0.717) is 5.95 Å². The molecule has 0 radical (unpaired) electrons. The maximum absolute atomic E-state index is 4.29. The van der Waals surface area contributed by atoms with E-state index in [2.05, 4.69) is 39.3 Å². The first kappa shape index (κ1) is 13.5. The second kappa shape index (κ2) is 7.46. The van der Waals surface area contributed by atoms with Crippen molar-refractivity contribution in [3.8, 4) is 0 Å². The van der Waals surface area contributed by atoms with Gasteiger partial charge < -0.3 is 5.32 Å². The first-order valence-electron chi connectivity index (χ1n) is 6.87. The van der Waals surface area contributed by atoms with E-state index in [1.165, 1.54) is 31.2 Å². The number of aryl methyl sites for hydroxylation is 1. The molecule has 0 atom stereocenters. The number of unbranched alkanes of at least 4 members (excludes halogenated alkanes) is 3. The summed E-state index contributed by atoms with van der Waals surface area (Å²) in [6, 6.07) is 5.94. The molecule has 0 bridgehead atoms. The monoisotopic (exact) mass is 256 g/mol. The summed E-state index contributed by atoms with van der Waals surface area (Å²) in [7, 11) is 0. The van der Waals surface area contributed by atoms with Crippen LogP contribution < -0.4 is 5.32 Å². The zero-order valence-corrected chi connectivity index (χ0v) is 11.3. The standard InChI is InChI=1S/C15H20N4/c1-2-3-4-5-7-13-8-11-16-14(12-13)19-15-17-9-6-10-18-15/h6,8-12H,2-5,7H2,1H3,(H,16,17,18,19). The number of pyridine rings is 1. The Kier molecular flexibility index (Phi) is 5.29. The average Bonchev–Trinajstić information content (AvgIpc) is 2.45. The molecule has 0 spiro atoms. The molecule has 100 valence electrons. The lowest BCUT2D eigenvalue weighted by molar-refractivity contribution is 0.666. The van der Waals surface area contributed by atoms with Gasteiger partial charge in [-0.2, -0.15) is 0 Å². The van der Waals surface area contributed by atoms with Gasteiger partial charge in [-0.15, -0.1) is 0 Å². The van der Waals surface area contributed by atoms with Crippen LogP contribution in [0.3, 0.4) is 0 Å². The Bertz CT molecular complexity index is 485. The third kappa shape index (κ3) is 4.66. The highest BCUT2D eigenvalue weighted by Gasteiger charge is 2.00. The van der Waals surface area contributed by atoms with E-state index >= 15 is 0 Å². The molecule has 0 aliphatic heterocycles. The van der Waals surface area contributed by atoms with Gasteiger partial charge in [-0.25, -0.2) is 15.0 Å². The van der Waals surface area contributed by atoms with Gasteiger partial charge in [0, 0.05) is 18.6 Å². The molecule has 2 aromatic rings. The van der Waals surface area contributed by atoms with Gasteiger partial charge >= 0.3 is 0 Å². The molecule has 0 saturated heterocycles. The van der Waals surface area contributed by atoms with Gasteiger partial charge in [0.05, 0.1) is 0 Å². The zero-order chi connectivity index (χ0) is 13.3. The molecule has 19 heavy (non-hydrogen) atoms. The SMILES string of the molecule is CCCCCCc1ccnc(Nc2ncccn2)c1. The summed E-state index contributed by atoms with van der Waals surface area (Å²) < 4.78 is 0. The largest absolute Gasteiger partial charge is 0.309 e. The van der Waals surface area contributed by atoms with E-state index in [-0.39, 0.29) is 0 Å². The van der Waals surface area contributed by atoms with Gasteiger partial charge in [-0.1, -0.05) is 26.2 Å². The third-order valence-corrected chi connectivity index (χ3v) is 2.95. The minimum atomic E-state index is 0.582. The maximum atomic E-state index is 4.29. The molecule has 2 aromatic heterocycles. The Hall–Kier alpha value is -1.97. The normalized spacial score (nSPS) is 10.4. The van der Waals surface area contributed by atoms with Crippen LogP contribution >= 0.6 is 0 Å². The number of aromatic nitrogens is 3. The van der Waals surface area contributed by atoms with Gasteiger partial charge in [-0.3, -0.25) is 0 Å². The van der Waals surface area contributed by atoms with E-state index in [1.54, 1.807) is 18.5 Å². The van der Waals surface area contributed by atoms with Crippen LogP contribution in [0.4, 0.5) is 11.8 Å². The summed E-state index contributed by atoms with van der Waals surface area (Å²) in [5.74, 6) is 1.39. The van der Waals surface area contributed by atoms with Crippen LogP contribution in [-0.4, -0.2) is 15.0 Å². The van der Waals surface area contributed by atoms with Gasteiger partial charge in [-0.05, 0) is 36.6 Å². The fourth-order valence-electron chi connectivity index (χ4n) is 1.93. The Balaban J connectivity index is 1.91. The van der Waals surface area contributed by atoms with Crippen LogP contribution in [0.15, 0.2) is 36.8 Å². The second-order valence-corrected chi connectivity index (χ2v) is 4.56. The lowest BCUT2D eigenvalue weighted by Gasteiger charge is -2.06. The van der Waals surface area contributed by atoms with E-state index in [1.807, 2.05) is 6.20 Å². The smallest absolute Gasteiger partial charge is 0.228 e. The minimum Gasteiger partial charge on any atom is -0.309 e. The Morgan fingerprint density at radius 1 is 1.00 bits per heavy atom. The van der Waals surface area contributed by atoms with Crippen molar-refractivity contribution in [2.45, 2.75) is 39.0 Å². The van der Waals surface area contributed by atoms with Gasteiger partial charge in [0.2, 0.25) is 5.95 Å². The van der Waals surface area contributed by atoms with Crippen LogP contribution in [-0.2, 0) is 6.42 Å². The van der Waals surface area contributed by atoms with Crippen LogP contribution in [0.2, 0.25) is 0 Å². The molecule has 0 fully saturated rings. The van der Waals surface area contributed by atoms with E-state index in [4.69, 9.17) is 0 Å². The van der Waals surface area contributed by atoms with Crippen molar-refractivity contribution in [2.75, 3.05) is 5.32 Å². The van der Waals surface area contributed by atoms with Crippen molar-refractivity contribution >= 4 is 11.8 Å². The van der Waals surface area contributed by atoms with E-state index in [0.717, 1.165) is 12.2 Å². The van der Waals surface area contributed by atoms with Crippen molar-refractivity contribution in [3.63, 3.8) is 0 Å². The summed E-state index contributed by atoms with van der Waals surface area (Å²) >= 11 is 0. The van der Waals surface area contributed by atoms with Crippen LogP contribution in [0, 0.1) is 0 Å². The number of hydrogen-bond acceptors (Lipinski definition) is 4. The van der Waals surface area contributed by atoms with Crippen LogP contribution in [0.5, 0.6) is 0 Å². The second-order valence-electron chi connectivity index (χ2n) is 4.56. The van der Waals surface area contributed by atoms with Crippen LogP contribution in [0.25, 0.3) is 0 Å². The fourth-order valence-corrected chi connectivity index (χ4v) is 1.93. The summed E-state index contributed by atoms with van der Waals surface area (Å²) in [4.78, 5) is 12.5. The van der Waals surface area contributed by atoms with E-state index in [9.17, 15) is 0 Å². The molecule has 1 N–H and O–H groups in total. The van der Waals surface area contributed by atoms with Crippen molar-refractivity contribution in [2.24, 2.45) is 0 Å². The number of nitrogens with one attached hydrogen (secondary N) is 1. The summed E-state index contributed by atoms with van der Waals surface area (Å²) in [5.41, 5.74) is 1.31. The fraction of sp³-hybridized carbons (Fsp3) is 0.400. The average molecular weight is 256 g/mol. The lowest BCUT2D eigenvalue weighted by Crippen LogP contribution is -1.98. The predicted molar refractivity (Wildman–Crippen MR) is 77.4 cm³/mol. The quantitative estimate of drug-likeness (QED) is 0.767. The Labute approximate surface area is 114 Å². The molecular formula is C15H20N4. The molecule has 2 heterocycles. The molecule has 0 unspecified atom stereocenters. The van der Waals surface area contributed by atoms with Crippen molar-refractivity contribution in [1.82, 2.24) is 15.0 Å². The highest BCUT2D eigenvalue weighted by molar-refractivity contribution is 5.48. The predicted octanol–water partition coefficient (Wildman–Crippen LogP) is 3.74. The Morgan fingerprint density at radius 3 is 2.63 bits per heavy atom. The number of hydrogen-bond donors (Lipinski definition) is 1. The summed E-state index contributed by atoms with van der Waals surface area (Å²) in [6.07, 6.45) is 11.5. The molecule has 0 aliphatic carbocycles. The first-order chi connectivity index (χ1) is 9.38. The zero-order valence-electron chi connectivity index (χ0n) is 11.3. The number of nitrogens with zero attached hydrogens (tertiary/aromatic N) is 3. The first-order valence-corrected chi connectivity index (χ1v) is 6.87. The number of anilines is 2.